The summed E-state index contributed by atoms with van der Waals surface area (Å²) in [5.41, 5.74) is 2.48. The lowest BCUT2D eigenvalue weighted by molar-refractivity contribution is 0.153. The van der Waals surface area contributed by atoms with Crippen LogP contribution in [0.1, 0.15) is 24.0 Å². The molecule has 1 aliphatic heterocycles. The Kier molecular flexibility index (Phi) is 4.14. The van der Waals surface area contributed by atoms with Crippen LogP contribution in [-0.4, -0.2) is 39.0 Å². The number of hydrogen-bond acceptors (Lipinski definition) is 3. The Morgan fingerprint density at radius 2 is 2.00 bits per heavy atom. The predicted molar refractivity (Wildman–Crippen MR) is 78.3 cm³/mol. The standard InChI is InChI=1S/C16H21N3O/c20-13-16-7-4-8-18(16)10-15-9-17-19(12-15)11-14-5-2-1-3-6-14/h1-3,5-6,9,12,16,20H,4,7-8,10-11,13H2/t16-/m1/s1. The van der Waals surface area contributed by atoms with Crippen LogP contribution in [0.3, 0.4) is 0 Å². The fourth-order valence-electron chi connectivity index (χ4n) is 2.89. The normalized spacial score (nSPS) is 19.6. The first-order valence-corrected chi connectivity index (χ1v) is 7.25. The van der Waals surface area contributed by atoms with Gasteiger partial charge in [0.2, 0.25) is 0 Å². The summed E-state index contributed by atoms with van der Waals surface area (Å²) in [7, 11) is 0. The van der Waals surface area contributed by atoms with E-state index in [1.165, 1.54) is 17.5 Å². The quantitative estimate of drug-likeness (QED) is 0.903. The number of benzene rings is 1. The van der Waals surface area contributed by atoms with E-state index in [0.29, 0.717) is 6.04 Å². The van der Waals surface area contributed by atoms with E-state index in [1.54, 1.807) is 0 Å². The fraction of sp³-hybridized carbons (Fsp3) is 0.438. The highest BCUT2D eigenvalue weighted by atomic mass is 16.3. The van der Waals surface area contributed by atoms with E-state index in [-0.39, 0.29) is 6.61 Å². The van der Waals surface area contributed by atoms with Gasteiger partial charge in [0, 0.05) is 24.3 Å². The van der Waals surface area contributed by atoms with Gasteiger partial charge in [0.1, 0.15) is 0 Å². The van der Waals surface area contributed by atoms with Gasteiger partial charge in [-0.25, -0.2) is 0 Å². The maximum atomic E-state index is 9.35. The van der Waals surface area contributed by atoms with E-state index >= 15 is 0 Å². The van der Waals surface area contributed by atoms with Crippen molar-refractivity contribution in [2.75, 3.05) is 13.2 Å². The molecule has 0 unspecified atom stereocenters. The van der Waals surface area contributed by atoms with Crippen LogP contribution in [0.25, 0.3) is 0 Å². The largest absolute Gasteiger partial charge is 0.395 e. The highest BCUT2D eigenvalue weighted by Crippen LogP contribution is 2.19. The Balaban J connectivity index is 1.62. The molecule has 0 saturated carbocycles. The SMILES string of the molecule is OC[C@H]1CCCN1Cc1cnn(Cc2ccccc2)c1. The number of aliphatic hydroxyl groups is 1. The minimum Gasteiger partial charge on any atom is -0.395 e. The van der Waals surface area contributed by atoms with Crippen molar-refractivity contribution in [1.29, 1.82) is 0 Å². The van der Waals surface area contributed by atoms with Crippen molar-refractivity contribution in [3.63, 3.8) is 0 Å². The van der Waals surface area contributed by atoms with Gasteiger partial charge in [-0.2, -0.15) is 5.10 Å². The van der Waals surface area contributed by atoms with Gasteiger partial charge in [0.25, 0.3) is 0 Å². The molecule has 4 heteroatoms. The number of hydrogen-bond donors (Lipinski definition) is 1. The number of likely N-dealkylation sites (tertiary alicyclic amines) is 1. The minimum absolute atomic E-state index is 0.262. The van der Waals surface area contributed by atoms with Crippen molar-refractivity contribution in [3.8, 4) is 0 Å². The minimum atomic E-state index is 0.262. The summed E-state index contributed by atoms with van der Waals surface area (Å²) in [6, 6.07) is 10.7. The van der Waals surface area contributed by atoms with Crippen LogP contribution < -0.4 is 0 Å². The monoisotopic (exact) mass is 271 g/mol. The molecule has 1 N–H and O–H groups in total. The van der Waals surface area contributed by atoms with Crippen molar-refractivity contribution in [2.45, 2.75) is 32.0 Å². The lowest BCUT2D eigenvalue weighted by atomic mass is 10.2. The van der Waals surface area contributed by atoms with Gasteiger partial charge in [-0.1, -0.05) is 30.3 Å². The summed E-state index contributed by atoms with van der Waals surface area (Å²) in [4.78, 5) is 2.35. The van der Waals surface area contributed by atoms with Crippen molar-refractivity contribution < 1.29 is 5.11 Å². The summed E-state index contributed by atoms with van der Waals surface area (Å²) in [5, 5.41) is 13.8. The predicted octanol–water partition coefficient (Wildman–Crippen LogP) is 1.89. The summed E-state index contributed by atoms with van der Waals surface area (Å²) in [6.45, 7) is 3.04. The highest BCUT2D eigenvalue weighted by molar-refractivity contribution is 5.15. The zero-order chi connectivity index (χ0) is 13.8. The van der Waals surface area contributed by atoms with Crippen LogP contribution >= 0.6 is 0 Å². The molecule has 0 amide bonds. The van der Waals surface area contributed by atoms with Crippen LogP contribution in [0.4, 0.5) is 0 Å². The van der Waals surface area contributed by atoms with Crippen LogP contribution in [0.5, 0.6) is 0 Å². The molecule has 1 atom stereocenters. The van der Waals surface area contributed by atoms with Crippen molar-refractivity contribution in [1.82, 2.24) is 14.7 Å². The molecular formula is C16H21N3O. The molecule has 2 aromatic rings. The zero-order valence-corrected chi connectivity index (χ0v) is 11.7. The van der Waals surface area contributed by atoms with Gasteiger partial charge in [-0.3, -0.25) is 9.58 Å². The van der Waals surface area contributed by atoms with Crippen molar-refractivity contribution in [3.05, 3.63) is 53.9 Å². The third kappa shape index (κ3) is 3.08. The lowest BCUT2D eigenvalue weighted by Crippen LogP contribution is -2.31. The Bertz CT molecular complexity index is 538. The summed E-state index contributed by atoms with van der Waals surface area (Å²) < 4.78 is 1.98. The van der Waals surface area contributed by atoms with Gasteiger partial charge in [-0.15, -0.1) is 0 Å². The number of rotatable bonds is 5. The van der Waals surface area contributed by atoms with Gasteiger partial charge in [-0.05, 0) is 24.9 Å². The molecule has 0 aliphatic carbocycles. The first kappa shape index (κ1) is 13.3. The maximum absolute atomic E-state index is 9.35. The Morgan fingerprint density at radius 3 is 2.80 bits per heavy atom. The first-order valence-electron chi connectivity index (χ1n) is 7.25. The molecule has 0 bridgehead atoms. The molecule has 1 aliphatic rings. The zero-order valence-electron chi connectivity index (χ0n) is 11.7. The molecule has 4 nitrogen and oxygen atoms in total. The van der Waals surface area contributed by atoms with E-state index in [9.17, 15) is 5.11 Å². The fourth-order valence-corrected chi connectivity index (χ4v) is 2.89. The van der Waals surface area contributed by atoms with Crippen LogP contribution in [0, 0.1) is 0 Å². The van der Waals surface area contributed by atoms with Crippen LogP contribution in [0.2, 0.25) is 0 Å². The first-order chi connectivity index (χ1) is 9.85. The van der Waals surface area contributed by atoms with E-state index < -0.39 is 0 Å². The maximum Gasteiger partial charge on any atom is 0.0659 e. The second kappa shape index (κ2) is 6.20. The molecule has 0 spiro atoms. The molecule has 0 radical (unpaired) electrons. The Labute approximate surface area is 119 Å². The van der Waals surface area contributed by atoms with Gasteiger partial charge in [0.05, 0.1) is 19.3 Å². The molecule has 3 rings (SSSR count). The lowest BCUT2D eigenvalue weighted by Gasteiger charge is -2.21. The van der Waals surface area contributed by atoms with Crippen molar-refractivity contribution >= 4 is 0 Å². The average Bonchev–Trinajstić information content (AvgIpc) is 3.10. The third-order valence-electron chi connectivity index (χ3n) is 3.97. The summed E-state index contributed by atoms with van der Waals surface area (Å²) >= 11 is 0. The van der Waals surface area contributed by atoms with E-state index in [4.69, 9.17) is 0 Å². The number of aromatic nitrogens is 2. The molecule has 1 saturated heterocycles. The summed E-state index contributed by atoms with van der Waals surface area (Å²) in [5.74, 6) is 0. The average molecular weight is 271 g/mol. The Hall–Kier alpha value is -1.65. The molecule has 1 aromatic heterocycles. The smallest absolute Gasteiger partial charge is 0.0659 e. The topological polar surface area (TPSA) is 41.3 Å². The Morgan fingerprint density at radius 1 is 1.15 bits per heavy atom. The van der Waals surface area contributed by atoms with E-state index in [2.05, 4.69) is 40.5 Å². The second-order valence-electron chi connectivity index (χ2n) is 5.48. The molecular weight excluding hydrogens is 250 g/mol. The number of nitrogens with zero attached hydrogens (tertiary/aromatic N) is 3. The van der Waals surface area contributed by atoms with Crippen LogP contribution in [-0.2, 0) is 13.1 Å². The molecule has 1 aromatic carbocycles. The molecule has 106 valence electrons. The van der Waals surface area contributed by atoms with Gasteiger partial charge >= 0.3 is 0 Å². The molecule has 20 heavy (non-hydrogen) atoms. The summed E-state index contributed by atoms with van der Waals surface area (Å²) in [6.07, 6.45) is 6.34. The van der Waals surface area contributed by atoms with Crippen molar-refractivity contribution in [2.24, 2.45) is 0 Å². The molecule has 2 heterocycles. The van der Waals surface area contributed by atoms with E-state index in [0.717, 1.165) is 26.1 Å². The molecule has 1 fully saturated rings. The van der Waals surface area contributed by atoms with E-state index in [1.807, 2.05) is 16.9 Å². The number of aliphatic hydroxyl groups excluding tert-OH is 1. The van der Waals surface area contributed by atoms with Gasteiger partial charge < -0.3 is 5.11 Å². The third-order valence-corrected chi connectivity index (χ3v) is 3.97. The second-order valence-corrected chi connectivity index (χ2v) is 5.48. The highest BCUT2D eigenvalue weighted by Gasteiger charge is 2.23. The van der Waals surface area contributed by atoms with Crippen LogP contribution in [0.15, 0.2) is 42.7 Å². The van der Waals surface area contributed by atoms with Gasteiger partial charge in [0.15, 0.2) is 0 Å².